The largest absolute Gasteiger partial charge is 0.299 e. The molecule has 100 valence electrons. The van der Waals surface area contributed by atoms with E-state index in [0.717, 1.165) is 12.5 Å². The van der Waals surface area contributed by atoms with Crippen molar-refractivity contribution in [2.75, 3.05) is 13.1 Å². The van der Waals surface area contributed by atoms with Crippen molar-refractivity contribution < 1.29 is 0 Å². The lowest BCUT2D eigenvalue weighted by Gasteiger charge is -2.35. The predicted octanol–water partition coefficient (Wildman–Crippen LogP) is 3.73. The second kappa shape index (κ2) is 5.83. The third kappa shape index (κ3) is 4.41. The lowest BCUT2D eigenvalue weighted by atomic mass is 9.80. The highest BCUT2D eigenvalue weighted by Gasteiger charge is 2.23. The first-order chi connectivity index (χ1) is 8.53. The Hall–Kier alpha value is -0.890. The summed E-state index contributed by atoms with van der Waals surface area (Å²) < 4.78 is 0. The number of pyridine rings is 1. The van der Waals surface area contributed by atoms with Gasteiger partial charge in [-0.1, -0.05) is 20.8 Å². The number of rotatable bonds is 3. The van der Waals surface area contributed by atoms with Gasteiger partial charge in [-0.3, -0.25) is 9.88 Å². The second-order valence-corrected chi connectivity index (χ2v) is 6.84. The van der Waals surface area contributed by atoms with Gasteiger partial charge in [-0.25, -0.2) is 0 Å². The monoisotopic (exact) mass is 246 g/mol. The molecule has 0 aliphatic carbocycles. The van der Waals surface area contributed by atoms with Crippen molar-refractivity contribution in [3.63, 3.8) is 0 Å². The molecule has 2 heterocycles. The van der Waals surface area contributed by atoms with Crippen LogP contribution in [-0.4, -0.2) is 23.0 Å². The second-order valence-electron chi connectivity index (χ2n) is 6.84. The molecule has 0 amide bonds. The Morgan fingerprint density at radius 2 is 1.78 bits per heavy atom. The van der Waals surface area contributed by atoms with Gasteiger partial charge in [-0.2, -0.15) is 0 Å². The summed E-state index contributed by atoms with van der Waals surface area (Å²) in [5.41, 5.74) is 1.87. The van der Waals surface area contributed by atoms with Crippen LogP contribution < -0.4 is 0 Å². The average molecular weight is 246 g/mol. The van der Waals surface area contributed by atoms with Crippen molar-refractivity contribution in [1.82, 2.24) is 9.88 Å². The molecule has 2 nitrogen and oxygen atoms in total. The van der Waals surface area contributed by atoms with Crippen LogP contribution in [0.15, 0.2) is 24.5 Å². The van der Waals surface area contributed by atoms with Crippen LogP contribution in [0.2, 0.25) is 0 Å². The molecule has 0 unspecified atom stereocenters. The van der Waals surface area contributed by atoms with E-state index in [1.807, 2.05) is 12.4 Å². The van der Waals surface area contributed by atoms with Crippen LogP contribution in [0.1, 0.15) is 45.6 Å². The topological polar surface area (TPSA) is 16.1 Å². The Labute approximate surface area is 111 Å². The van der Waals surface area contributed by atoms with Gasteiger partial charge in [0.2, 0.25) is 0 Å². The van der Waals surface area contributed by atoms with Crippen LogP contribution in [0.5, 0.6) is 0 Å². The van der Waals surface area contributed by atoms with Crippen LogP contribution in [0.3, 0.4) is 0 Å². The number of piperidine rings is 1. The third-order valence-electron chi connectivity index (χ3n) is 3.76. The fourth-order valence-electron chi connectivity index (χ4n) is 2.96. The Balaban J connectivity index is 1.77. The maximum atomic E-state index is 4.07. The highest BCUT2D eigenvalue weighted by atomic mass is 15.1. The number of hydrogen-bond acceptors (Lipinski definition) is 2. The molecule has 0 aromatic carbocycles. The summed E-state index contributed by atoms with van der Waals surface area (Å²) in [6, 6.07) is 4.25. The molecule has 1 aliphatic heterocycles. The Morgan fingerprint density at radius 1 is 1.17 bits per heavy atom. The van der Waals surface area contributed by atoms with Gasteiger partial charge in [-0.15, -0.1) is 0 Å². The van der Waals surface area contributed by atoms with Gasteiger partial charge in [-0.05, 0) is 61.4 Å². The molecular formula is C16H26N2. The SMILES string of the molecule is CC(C)(C)CC1CCN(Cc2ccncc2)CC1. The first-order valence-corrected chi connectivity index (χ1v) is 7.14. The lowest BCUT2D eigenvalue weighted by molar-refractivity contribution is 0.147. The lowest BCUT2D eigenvalue weighted by Crippen LogP contribution is -2.34. The van der Waals surface area contributed by atoms with Gasteiger partial charge in [0, 0.05) is 18.9 Å². The molecule has 0 atom stereocenters. The van der Waals surface area contributed by atoms with E-state index >= 15 is 0 Å². The zero-order chi connectivity index (χ0) is 13.0. The molecule has 0 radical (unpaired) electrons. The molecule has 2 rings (SSSR count). The minimum absolute atomic E-state index is 0.484. The molecule has 0 spiro atoms. The summed E-state index contributed by atoms with van der Waals surface area (Å²) >= 11 is 0. The maximum Gasteiger partial charge on any atom is 0.0271 e. The maximum absolute atomic E-state index is 4.07. The summed E-state index contributed by atoms with van der Waals surface area (Å²) in [5.74, 6) is 0.929. The molecule has 1 saturated heterocycles. The van der Waals surface area contributed by atoms with E-state index in [4.69, 9.17) is 0 Å². The van der Waals surface area contributed by atoms with Gasteiger partial charge in [0.05, 0.1) is 0 Å². The van der Waals surface area contributed by atoms with Crippen LogP contribution in [0.4, 0.5) is 0 Å². The van der Waals surface area contributed by atoms with Crippen LogP contribution in [-0.2, 0) is 6.54 Å². The minimum Gasteiger partial charge on any atom is -0.299 e. The predicted molar refractivity (Wildman–Crippen MR) is 76.3 cm³/mol. The van der Waals surface area contributed by atoms with Gasteiger partial charge >= 0.3 is 0 Å². The molecule has 1 aromatic heterocycles. The van der Waals surface area contributed by atoms with E-state index in [9.17, 15) is 0 Å². The van der Waals surface area contributed by atoms with E-state index in [-0.39, 0.29) is 0 Å². The summed E-state index contributed by atoms with van der Waals surface area (Å²) in [7, 11) is 0. The zero-order valence-corrected chi connectivity index (χ0v) is 12.0. The number of hydrogen-bond donors (Lipinski definition) is 0. The summed E-state index contributed by atoms with van der Waals surface area (Å²) in [6.45, 7) is 10.7. The number of likely N-dealkylation sites (tertiary alicyclic amines) is 1. The Bertz CT molecular complexity index is 345. The van der Waals surface area contributed by atoms with Crippen molar-refractivity contribution in [2.24, 2.45) is 11.3 Å². The summed E-state index contributed by atoms with van der Waals surface area (Å²) in [4.78, 5) is 6.65. The molecule has 0 bridgehead atoms. The normalized spacial score (nSPS) is 19.1. The molecular weight excluding hydrogens is 220 g/mol. The Morgan fingerprint density at radius 3 is 2.33 bits per heavy atom. The molecule has 18 heavy (non-hydrogen) atoms. The van der Waals surface area contributed by atoms with Crippen LogP contribution in [0, 0.1) is 11.3 Å². The molecule has 2 heteroatoms. The standard InChI is InChI=1S/C16H26N2/c1-16(2,3)12-14-6-10-18(11-7-14)13-15-4-8-17-9-5-15/h4-5,8-9,14H,6-7,10-13H2,1-3H3. The van der Waals surface area contributed by atoms with Crippen LogP contribution in [0.25, 0.3) is 0 Å². The van der Waals surface area contributed by atoms with E-state index in [1.54, 1.807) is 0 Å². The van der Waals surface area contributed by atoms with E-state index in [1.165, 1.54) is 37.9 Å². The van der Waals surface area contributed by atoms with E-state index in [2.05, 4.69) is 42.8 Å². The highest BCUT2D eigenvalue weighted by Crippen LogP contribution is 2.31. The molecule has 0 N–H and O–H groups in total. The zero-order valence-electron chi connectivity index (χ0n) is 12.0. The fourth-order valence-corrected chi connectivity index (χ4v) is 2.96. The third-order valence-corrected chi connectivity index (χ3v) is 3.76. The van der Waals surface area contributed by atoms with Gasteiger partial charge < -0.3 is 0 Å². The minimum atomic E-state index is 0.484. The number of nitrogens with zero attached hydrogens (tertiary/aromatic N) is 2. The van der Waals surface area contributed by atoms with Crippen molar-refractivity contribution in [2.45, 2.75) is 46.6 Å². The van der Waals surface area contributed by atoms with Crippen LogP contribution >= 0.6 is 0 Å². The molecule has 1 aromatic rings. The van der Waals surface area contributed by atoms with Crippen molar-refractivity contribution in [3.8, 4) is 0 Å². The van der Waals surface area contributed by atoms with Crippen molar-refractivity contribution in [3.05, 3.63) is 30.1 Å². The Kier molecular flexibility index (Phi) is 4.39. The molecule has 1 aliphatic rings. The first kappa shape index (κ1) is 13.5. The smallest absolute Gasteiger partial charge is 0.0271 e. The average Bonchev–Trinajstić information content (AvgIpc) is 2.31. The summed E-state index contributed by atoms with van der Waals surface area (Å²) in [6.07, 6.45) is 7.88. The summed E-state index contributed by atoms with van der Waals surface area (Å²) in [5, 5.41) is 0. The molecule has 1 fully saturated rings. The number of aromatic nitrogens is 1. The first-order valence-electron chi connectivity index (χ1n) is 7.14. The van der Waals surface area contributed by atoms with Crippen molar-refractivity contribution >= 4 is 0 Å². The van der Waals surface area contributed by atoms with E-state index < -0.39 is 0 Å². The van der Waals surface area contributed by atoms with Gasteiger partial charge in [0.15, 0.2) is 0 Å². The molecule has 0 saturated carbocycles. The van der Waals surface area contributed by atoms with Gasteiger partial charge in [0.25, 0.3) is 0 Å². The van der Waals surface area contributed by atoms with E-state index in [0.29, 0.717) is 5.41 Å². The van der Waals surface area contributed by atoms with Crippen molar-refractivity contribution in [1.29, 1.82) is 0 Å². The van der Waals surface area contributed by atoms with Gasteiger partial charge in [0.1, 0.15) is 0 Å². The highest BCUT2D eigenvalue weighted by molar-refractivity contribution is 5.09. The quantitative estimate of drug-likeness (QED) is 0.808. The fraction of sp³-hybridized carbons (Fsp3) is 0.688.